The molecule has 0 aliphatic carbocycles. The molecule has 0 saturated heterocycles. The highest BCUT2D eigenvalue weighted by Gasteiger charge is 2.55. The highest BCUT2D eigenvalue weighted by atomic mass is 35.5. The van der Waals surface area contributed by atoms with Gasteiger partial charge in [0, 0.05) is 29.8 Å². The van der Waals surface area contributed by atoms with Crippen LogP contribution in [-0.4, -0.2) is 21.6 Å². The third-order valence-corrected chi connectivity index (χ3v) is 5.45. The quantitative estimate of drug-likeness (QED) is 0.595. The molecule has 2 aromatic rings. The number of aromatic nitrogens is 1. The minimum absolute atomic E-state index is 0.0298. The van der Waals surface area contributed by atoms with Gasteiger partial charge in [-0.2, -0.15) is 0 Å². The Hall–Kier alpha value is -2.21. The van der Waals surface area contributed by atoms with E-state index in [0.29, 0.717) is 39.5 Å². The van der Waals surface area contributed by atoms with Gasteiger partial charge in [0.05, 0.1) is 10.6 Å². The molecule has 4 rings (SSSR count). The third-order valence-electron chi connectivity index (χ3n) is 5.16. The van der Waals surface area contributed by atoms with Crippen molar-refractivity contribution < 1.29 is 17.5 Å². The number of hydrogen-bond acceptors (Lipinski definition) is 0. The summed E-state index contributed by atoms with van der Waals surface area (Å²) in [6.45, 7) is 2.77. The van der Waals surface area contributed by atoms with Crippen LogP contribution in [0.1, 0.15) is 36.4 Å². The molecule has 0 atom stereocenters. The average Bonchev–Trinajstić information content (AvgIpc) is 3.01. The van der Waals surface area contributed by atoms with E-state index in [4.69, 9.17) is 11.6 Å². The molecule has 0 amide bonds. The van der Waals surface area contributed by atoms with Crippen LogP contribution in [-0.2, 0) is 0 Å². The fourth-order valence-electron chi connectivity index (χ4n) is 4.25. The molecule has 2 aliphatic heterocycles. The molecule has 0 N–H and O–H groups in total. The lowest BCUT2D eigenvalue weighted by Gasteiger charge is -2.34. The predicted molar refractivity (Wildman–Crippen MR) is 99.4 cm³/mol. The molecule has 2 aliphatic rings. The number of halogens is 4. The van der Waals surface area contributed by atoms with Crippen LogP contribution in [0.3, 0.4) is 0 Å². The molecular weight excluding hydrogens is 359 g/mol. The van der Waals surface area contributed by atoms with Gasteiger partial charge in [0.1, 0.15) is 11.5 Å². The van der Waals surface area contributed by atoms with E-state index in [1.165, 1.54) is 6.07 Å². The van der Waals surface area contributed by atoms with Gasteiger partial charge in [-0.05, 0) is 44.2 Å². The van der Waals surface area contributed by atoms with Crippen LogP contribution in [0.4, 0.5) is 13.0 Å². The first-order valence-electron chi connectivity index (χ1n) is 8.37. The van der Waals surface area contributed by atoms with E-state index in [-0.39, 0.29) is 10.6 Å². The van der Waals surface area contributed by atoms with Gasteiger partial charge < -0.3 is 17.6 Å². The highest BCUT2D eigenvalue weighted by molar-refractivity contribution is 6.58. The summed E-state index contributed by atoms with van der Waals surface area (Å²) in [4.78, 5) is 0. The summed E-state index contributed by atoms with van der Waals surface area (Å²) in [7, 11) is 0. The lowest BCUT2D eigenvalue weighted by molar-refractivity contribution is -0.363. The molecule has 0 bridgehead atoms. The minimum atomic E-state index is -4.07. The number of benzene rings is 1. The van der Waals surface area contributed by atoms with Gasteiger partial charge in [0.25, 0.3) is 0 Å². The van der Waals surface area contributed by atoms with Crippen molar-refractivity contribution in [1.29, 1.82) is 0 Å². The van der Waals surface area contributed by atoms with E-state index >= 15 is 8.63 Å². The maximum Gasteiger partial charge on any atom is 0.737 e. The van der Waals surface area contributed by atoms with Gasteiger partial charge in [-0.1, -0.05) is 23.7 Å². The summed E-state index contributed by atoms with van der Waals surface area (Å²) < 4.78 is 47.9. The van der Waals surface area contributed by atoms with Crippen LogP contribution < -0.4 is 0 Å². The van der Waals surface area contributed by atoms with Crippen molar-refractivity contribution in [3.05, 3.63) is 75.0 Å². The normalized spacial score (nSPS) is 18.2. The molecule has 0 spiro atoms. The van der Waals surface area contributed by atoms with E-state index in [1.807, 2.05) is 0 Å². The molecule has 2 nitrogen and oxygen atoms in total. The molecule has 26 heavy (non-hydrogen) atoms. The molecule has 0 unspecified atom stereocenters. The fourth-order valence-corrected chi connectivity index (χ4v) is 4.43. The van der Waals surface area contributed by atoms with Crippen molar-refractivity contribution in [1.82, 2.24) is 4.48 Å². The number of allylic oxidation sites excluding steroid dienone is 2. The third kappa shape index (κ3) is 2.05. The van der Waals surface area contributed by atoms with Crippen molar-refractivity contribution >= 4 is 29.9 Å². The smallest absolute Gasteiger partial charge is 0.393 e. The zero-order valence-corrected chi connectivity index (χ0v) is 15.6. The number of fused-ring (bicyclic) bond motifs is 2. The largest absolute Gasteiger partial charge is 0.737 e. The van der Waals surface area contributed by atoms with Crippen LogP contribution in [0.25, 0.3) is 5.57 Å². The van der Waals surface area contributed by atoms with E-state index in [0.717, 1.165) is 8.96 Å². The molecule has 0 fully saturated rings. The predicted octanol–water partition coefficient (Wildman–Crippen LogP) is 5.33. The van der Waals surface area contributed by atoms with Crippen LogP contribution in [0, 0.1) is 19.7 Å². The molecule has 0 saturated carbocycles. The second-order valence-electron chi connectivity index (χ2n) is 6.94. The number of nitrogens with zero attached hydrogens (tertiary/aromatic N) is 2. The number of rotatable bonds is 1. The zero-order valence-electron chi connectivity index (χ0n) is 14.9. The molecular formula is C19H17BClF3N2. The maximum atomic E-state index is 15.5. The molecule has 7 heteroatoms. The second-order valence-corrected chi connectivity index (χ2v) is 7.35. The van der Waals surface area contributed by atoms with Gasteiger partial charge in [0.15, 0.2) is 5.70 Å². The molecule has 1 aromatic heterocycles. The Morgan fingerprint density at radius 3 is 2.50 bits per heavy atom. The fraction of sp³-hybridized carbons (Fsp3) is 0.211. The van der Waals surface area contributed by atoms with Gasteiger partial charge in [-0.15, -0.1) is 0 Å². The average molecular weight is 377 g/mol. The lowest BCUT2D eigenvalue weighted by Crippen LogP contribution is -2.51. The SMILES string of the molecule is CC1=CC(C)=[N+]2C1=C(c1cccc(Cl)c1F)c1c(C)cc(C)n1[B-]2(F)F. The van der Waals surface area contributed by atoms with Gasteiger partial charge in [0.2, 0.25) is 0 Å². The standard InChI is InChI=1S/C19H17BClF3N2/c1-10-8-12(3)25-18(10)16(14-6-5-7-15(21)17(14)22)19-11(2)9-13(4)26(19)20(25,23)24/h5-9H,1-4H3. The topological polar surface area (TPSA) is 7.94 Å². The Labute approximate surface area is 155 Å². The molecule has 0 radical (unpaired) electrons. The van der Waals surface area contributed by atoms with Crippen molar-refractivity contribution in [3.63, 3.8) is 0 Å². The summed E-state index contributed by atoms with van der Waals surface area (Å²) in [5.74, 6) is -0.600. The Bertz CT molecular complexity index is 1080. The number of hydrogen-bond donors (Lipinski definition) is 0. The summed E-state index contributed by atoms with van der Waals surface area (Å²) in [5, 5.41) is -0.0298. The van der Waals surface area contributed by atoms with E-state index < -0.39 is 12.8 Å². The van der Waals surface area contributed by atoms with Crippen molar-refractivity contribution in [2.45, 2.75) is 27.7 Å². The monoisotopic (exact) mass is 376 g/mol. The Morgan fingerprint density at radius 2 is 1.81 bits per heavy atom. The van der Waals surface area contributed by atoms with Gasteiger partial charge >= 0.3 is 6.97 Å². The zero-order chi connectivity index (χ0) is 19.0. The summed E-state index contributed by atoms with van der Waals surface area (Å²) >= 11 is 5.99. The molecule has 3 heterocycles. The lowest BCUT2D eigenvalue weighted by atomic mass is 9.83. The Balaban J connectivity index is 2.22. The van der Waals surface area contributed by atoms with Crippen LogP contribution >= 0.6 is 11.6 Å². The highest BCUT2D eigenvalue weighted by Crippen LogP contribution is 2.45. The summed E-state index contributed by atoms with van der Waals surface area (Å²) in [5.41, 5.74) is 3.64. The first-order chi connectivity index (χ1) is 12.2. The molecule has 1 aromatic carbocycles. The van der Waals surface area contributed by atoms with Crippen molar-refractivity contribution in [2.24, 2.45) is 0 Å². The van der Waals surface area contributed by atoms with Crippen LogP contribution in [0.5, 0.6) is 0 Å². The van der Waals surface area contributed by atoms with E-state index in [2.05, 4.69) is 0 Å². The van der Waals surface area contributed by atoms with Crippen LogP contribution in [0.15, 0.2) is 41.6 Å². The Morgan fingerprint density at radius 1 is 1.12 bits per heavy atom. The van der Waals surface area contributed by atoms with E-state index in [1.54, 1.807) is 52.0 Å². The first-order valence-corrected chi connectivity index (χ1v) is 8.75. The van der Waals surface area contributed by atoms with Gasteiger partial charge in [-0.25, -0.2) is 4.39 Å². The number of aryl methyl sites for hydroxylation is 2. The maximum absolute atomic E-state index is 15.5. The second kappa shape index (κ2) is 5.40. The molecule has 134 valence electrons. The first kappa shape index (κ1) is 17.2. The van der Waals surface area contributed by atoms with Gasteiger partial charge in [-0.3, -0.25) is 0 Å². The minimum Gasteiger partial charge on any atom is -0.393 e. The Kier molecular flexibility index (Phi) is 3.57. The van der Waals surface area contributed by atoms with E-state index in [9.17, 15) is 4.39 Å². The van der Waals surface area contributed by atoms with Crippen LogP contribution in [0.2, 0.25) is 5.02 Å². The summed E-state index contributed by atoms with van der Waals surface area (Å²) in [6, 6.07) is 6.39. The summed E-state index contributed by atoms with van der Waals surface area (Å²) in [6.07, 6.45) is 1.71. The van der Waals surface area contributed by atoms with Crippen molar-refractivity contribution in [2.75, 3.05) is 0 Å². The van der Waals surface area contributed by atoms with Crippen molar-refractivity contribution in [3.8, 4) is 0 Å².